The van der Waals surface area contributed by atoms with Crippen LogP contribution in [0.2, 0.25) is 0 Å². The van der Waals surface area contributed by atoms with Crippen LogP contribution in [0.4, 0.5) is 35.1 Å². The third-order valence-electron chi connectivity index (χ3n) is 4.31. The minimum absolute atomic E-state index is 0.0664. The normalized spacial score (nSPS) is 12.8. The molecule has 0 aliphatic rings. The van der Waals surface area contributed by atoms with Crippen LogP contribution in [0.3, 0.4) is 0 Å². The van der Waals surface area contributed by atoms with Crippen molar-refractivity contribution >= 4 is 0 Å². The Labute approximate surface area is 217 Å². The molecule has 0 rings (SSSR count). The number of allylic oxidation sites excluding steroid dienone is 13. The zero-order valence-electron chi connectivity index (χ0n) is 20.9. The summed E-state index contributed by atoms with van der Waals surface area (Å²) < 4.78 is 115. The molecule has 1 nitrogen and oxygen atoms in total. The van der Waals surface area contributed by atoms with Crippen LogP contribution in [-0.4, -0.2) is 6.11 Å². The molecule has 0 amide bonds. The van der Waals surface area contributed by atoms with Crippen molar-refractivity contribution in [1.82, 2.24) is 0 Å². The number of hydrogen-bond donors (Lipinski definition) is 0. The molecule has 206 valence electrons. The Morgan fingerprint density at radius 2 is 1.05 bits per heavy atom. The van der Waals surface area contributed by atoms with E-state index in [0.29, 0.717) is 18.2 Å². The average molecular weight is 545 g/mol. The van der Waals surface area contributed by atoms with Gasteiger partial charge in [0.05, 0.1) is 5.57 Å². The van der Waals surface area contributed by atoms with E-state index in [-0.39, 0.29) is 12.0 Å². The van der Waals surface area contributed by atoms with Crippen molar-refractivity contribution in [3.63, 3.8) is 0 Å². The third-order valence-corrected chi connectivity index (χ3v) is 4.31. The first-order valence-electron chi connectivity index (χ1n) is 10.3. The SMILES string of the molecule is C=C.C=C(/C=C(/F)C(=C)C(=C)/C=C(/F)C(=C)C(=C)/C=C(/F)C(=C)F)OC(F)(F)C(=C)/C(F)=C(/F)C(=C)CC. The fraction of sp³-hybridized carbons (Fsp3) is 0.103. The van der Waals surface area contributed by atoms with Crippen molar-refractivity contribution in [3.8, 4) is 0 Å². The maximum Gasteiger partial charge on any atom is 0.429 e. The minimum atomic E-state index is -4.53. The molecule has 38 heavy (non-hydrogen) atoms. The van der Waals surface area contributed by atoms with E-state index >= 15 is 0 Å². The van der Waals surface area contributed by atoms with Crippen LogP contribution >= 0.6 is 0 Å². The molecule has 0 unspecified atom stereocenters. The Morgan fingerprint density at radius 3 is 1.45 bits per heavy atom. The van der Waals surface area contributed by atoms with Gasteiger partial charge in [0, 0.05) is 17.2 Å². The van der Waals surface area contributed by atoms with Crippen molar-refractivity contribution in [2.75, 3.05) is 0 Å². The molecule has 0 aromatic heterocycles. The highest BCUT2D eigenvalue weighted by Crippen LogP contribution is 2.36. The van der Waals surface area contributed by atoms with Crippen molar-refractivity contribution in [2.45, 2.75) is 19.5 Å². The quantitative estimate of drug-likeness (QED) is 0.0915. The number of halogens is 8. The summed E-state index contributed by atoms with van der Waals surface area (Å²) >= 11 is 0. The first-order chi connectivity index (χ1) is 17.4. The number of ether oxygens (including phenoxy) is 1. The molecular weight excluding hydrogens is 516 g/mol. The molecule has 0 aliphatic carbocycles. The van der Waals surface area contributed by atoms with Gasteiger partial charge in [0.15, 0.2) is 23.3 Å². The lowest BCUT2D eigenvalue weighted by molar-refractivity contribution is -0.178. The van der Waals surface area contributed by atoms with Gasteiger partial charge in [-0.3, -0.25) is 0 Å². The fourth-order valence-electron chi connectivity index (χ4n) is 2.01. The van der Waals surface area contributed by atoms with E-state index in [1.54, 1.807) is 0 Å². The van der Waals surface area contributed by atoms with Crippen LogP contribution in [0.15, 0.2) is 158 Å². The Balaban J connectivity index is 0. The highest BCUT2D eigenvalue weighted by molar-refractivity contribution is 5.54. The summed E-state index contributed by atoms with van der Waals surface area (Å²) in [7, 11) is 0. The molecule has 0 spiro atoms. The van der Waals surface area contributed by atoms with Crippen LogP contribution in [0.25, 0.3) is 0 Å². The molecule has 0 atom stereocenters. The topological polar surface area (TPSA) is 9.23 Å². The molecule has 0 saturated heterocycles. The van der Waals surface area contributed by atoms with Gasteiger partial charge < -0.3 is 4.74 Å². The Morgan fingerprint density at radius 1 is 0.658 bits per heavy atom. The lowest BCUT2D eigenvalue weighted by atomic mass is 10.0. The van der Waals surface area contributed by atoms with Crippen LogP contribution < -0.4 is 0 Å². The van der Waals surface area contributed by atoms with E-state index < -0.39 is 74.7 Å². The molecular formula is C29H28F8O. The molecule has 0 aromatic rings. The number of alkyl halides is 2. The molecule has 0 aliphatic heterocycles. The van der Waals surface area contributed by atoms with Crippen LogP contribution in [0, 0.1) is 0 Å². The first-order valence-corrected chi connectivity index (χ1v) is 10.3. The van der Waals surface area contributed by atoms with E-state index in [1.807, 2.05) is 0 Å². The summed E-state index contributed by atoms with van der Waals surface area (Å²) in [5.74, 6) is -10.1. The van der Waals surface area contributed by atoms with Gasteiger partial charge in [0.1, 0.15) is 17.4 Å². The van der Waals surface area contributed by atoms with E-state index in [1.165, 1.54) is 6.92 Å². The smallest absolute Gasteiger partial charge is 0.429 e. The van der Waals surface area contributed by atoms with Crippen molar-refractivity contribution in [1.29, 1.82) is 0 Å². The molecule has 0 aromatic carbocycles. The summed E-state index contributed by atoms with van der Waals surface area (Å²) in [6, 6.07) is 0. The van der Waals surface area contributed by atoms with Crippen molar-refractivity contribution in [2.24, 2.45) is 0 Å². The molecule has 0 fully saturated rings. The zero-order valence-corrected chi connectivity index (χ0v) is 20.9. The molecule has 0 N–H and O–H groups in total. The molecule has 0 bridgehead atoms. The summed E-state index contributed by atoms with van der Waals surface area (Å²) in [5, 5.41) is 0. The van der Waals surface area contributed by atoms with Gasteiger partial charge in [-0.1, -0.05) is 59.6 Å². The first kappa shape index (κ1) is 36.0. The zero-order chi connectivity index (χ0) is 30.5. The van der Waals surface area contributed by atoms with Crippen LogP contribution in [0.1, 0.15) is 13.3 Å². The second-order valence-electron chi connectivity index (χ2n) is 7.04. The van der Waals surface area contributed by atoms with Gasteiger partial charge in [0.25, 0.3) is 0 Å². The number of hydrogen-bond acceptors (Lipinski definition) is 1. The van der Waals surface area contributed by atoms with Crippen molar-refractivity contribution < 1.29 is 39.9 Å². The van der Waals surface area contributed by atoms with E-state index in [2.05, 4.69) is 70.5 Å². The maximum atomic E-state index is 14.4. The van der Waals surface area contributed by atoms with Crippen LogP contribution in [-0.2, 0) is 4.74 Å². The lowest BCUT2D eigenvalue weighted by Gasteiger charge is -2.20. The fourth-order valence-corrected chi connectivity index (χ4v) is 2.01. The van der Waals surface area contributed by atoms with Gasteiger partial charge in [-0.05, 0) is 35.3 Å². The summed E-state index contributed by atoms with van der Waals surface area (Å²) in [6.45, 7) is 32.3. The average Bonchev–Trinajstić information content (AvgIpc) is 2.85. The highest BCUT2D eigenvalue weighted by atomic mass is 19.3. The molecule has 9 heteroatoms. The summed E-state index contributed by atoms with van der Waals surface area (Å²) in [4.78, 5) is 0. The summed E-state index contributed by atoms with van der Waals surface area (Å²) in [5.41, 5.74) is -4.02. The van der Waals surface area contributed by atoms with Gasteiger partial charge in [-0.2, -0.15) is 8.78 Å². The Kier molecular flexibility index (Phi) is 15.0. The second-order valence-corrected chi connectivity index (χ2v) is 7.04. The summed E-state index contributed by atoms with van der Waals surface area (Å²) in [6.07, 6.45) is -3.15. The Hall–Kier alpha value is -4.14. The van der Waals surface area contributed by atoms with Crippen molar-refractivity contribution in [3.05, 3.63) is 158 Å². The second kappa shape index (κ2) is 15.9. The predicted molar refractivity (Wildman–Crippen MR) is 139 cm³/mol. The molecule has 0 saturated carbocycles. The highest BCUT2D eigenvalue weighted by Gasteiger charge is 2.40. The Bertz CT molecular complexity index is 1170. The maximum absolute atomic E-state index is 14.4. The van der Waals surface area contributed by atoms with E-state index in [9.17, 15) is 35.1 Å². The standard InChI is InChI=1S/C27H24F8O.C2H4/c1-10-14(2)25(32)26(33)20(8)27(34,35)36-17(5)13-23(30)19(7)15(3)11-22(29)18(6)16(4)12-24(31)21(9)28;1-2/h11-13H,2-10H2,1H3;1-2H2/b22-11+,23-13+,24-12+,26-25-;. The third kappa shape index (κ3) is 10.9. The predicted octanol–water partition coefficient (Wildman–Crippen LogP) is 10.9. The largest absolute Gasteiger partial charge is 0.429 e. The monoisotopic (exact) mass is 544 g/mol. The minimum Gasteiger partial charge on any atom is -0.429 e. The van der Waals surface area contributed by atoms with Gasteiger partial charge in [-0.25, -0.2) is 26.3 Å². The molecule has 0 radical (unpaired) electrons. The number of rotatable bonds is 14. The van der Waals surface area contributed by atoms with Gasteiger partial charge in [-0.15, -0.1) is 13.2 Å². The lowest BCUT2D eigenvalue weighted by Crippen LogP contribution is -2.23. The van der Waals surface area contributed by atoms with E-state index in [4.69, 9.17) is 0 Å². The van der Waals surface area contributed by atoms with E-state index in [0.717, 1.165) is 0 Å². The van der Waals surface area contributed by atoms with Crippen LogP contribution in [0.5, 0.6) is 0 Å². The molecule has 0 heterocycles. The van der Waals surface area contributed by atoms with Gasteiger partial charge >= 0.3 is 6.11 Å². The van der Waals surface area contributed by atoms with Gasteiger partial charge in [0.2, 0.25) is 0 Å².